The van der Waals surface area contributed by atoms with Crippen LogP contribution in [-0.4, -0.2) is 27.6 Å². The summed E-state index contributed by atoms with van der Waals surface area (Å²) in [6, 6.07) is 6.90. The number of hydrogen-bond acceptors (Lipinski definition) is 4. The van der Waals surface area contributed by atoms with Crippen molar-refractivity contribution in [1.82, 2.24) is 15.0 Å². The second-order valence-corrected chi connectivity index (χ2v) is 7.18. The first-order valence-corrected chi connectivity index (χ1v) is 9.10. The van der Waals surface area contributed by atoms with E-state index in [4.69, 9.17) is 4.52 Å². The molecule has 0 spiro atoms. The number of nitrogens with zero attached hydrogens (tertiary/aromatic N) is 3. The summed E-state index contributed by atoms with van der Waals surface area (Å²) in [5.74, 6) is 1.77. The van der Waals surface area contributed by atoms with Crippen LogP contribution < -0.4 is 0 Å². The largest absolute Gasteiger partial charge is 0.338 e. The Balaban J connectivity index is 1.42. The average Bonchev–Trinajstić information content (AvgIpc) is 3.36. The third kappa shape index (κ3) is 3.83. The molecular weight excluding hydrogens is 305 g/mol. The highest BCUT2D eigenvalue weighted by atomic mass is 19.1. The molecule has 0 radical (unpaired) electrons. The lowest BCUT2D eigenvalue weighted by Crippen LogP contribution is -2.32. The Labute approximate surface area is 142 Å². The van der Waals surface area contributed by atoms with Crippen LogP contribution >= 0.6 is 0 Å². The maximum Gasteiger partial charge on any atom is 0.241 e. The molecule has 0 bridgehead atoms. The summed E-state index contributed by atoms with van der Waals surface area (Å²) < 4.78 is 18.5. The molecule has 0 atom stereocenters. The van der Waals surface area contributed by atoms with Crippen LogP contribution in [0.15, 0.2) is 28.8 Å². The highest BCUT2D eigenvalue weighted by Crippen LogP contribution is 2.32. The topological polar surface area (TPSA) is 42.2 Å². The van der Waals surface area contributed by atoms with Crippen LogP contribution in [0.25, 0.3) is 11.4 Å². The maximum atomic E-state index is 13.0. The zero-order valence-electron chi connectivity index (χ0n) is 14.0. The Hall–Kier alpha value is -1.75. The van der Waals surface area contributed by atoms with E-state index in [1.165, 1.54) is 57.1 Å². The van der Waals surface area contributed by atoms with Crippen LogP contribution in [0.4, 0.5) is 4.39 Å². The summed E-state index contributed by atoms with van der Waals surface area (Å²) in [5.41, 5.74) is 0.789. The Bertz CT molecular complexity index is 660. The number of hydrogen-bond donors (Lipinski definition) is 0. The molecule has 1 aromatic carbocycles. The van der Waals surface area contributed by atoms with E-state index in [0.29, 0.717) is 17.8 Å². The first-order valence-electron chi connectivity index (χ1n) is 9.10. The Morgan fingerprint density at radius 1 is 1.04 bits per heavy atom. The van der Waals surface area contributed by atoms with Crippen molar-refractivity contribution >= 4 is 0 Å². The lowest BCUT2D eigenvalue weighted by Gasteiger charge is -2.28. The molecule has 2 fully saturated rings. The molecule has 0 N–H and O–H groups in total. The highest BCUT2D eigenvalue weighted by Gasteiger charge is 2.32. The zero-order chi connectivity index (χ0) is 16.4. The molecule has 2 saturated carbocycles. The summed E-state index contributed by atoms with van der Waals surface area (Å²) in [4.78, 5) is 7.04. The molecule has 0 amide bonds. The standard InChI is InChI=1S/C19H24FN3O/c20-16-8-6-15(7-9-16)19-21-18(24-22-19)13-23(17-10-11-17)12-14-4-2-1-3-5-14/h6-9,14,17H,1-5,10-13H2. The Morgan fingerprint density at radius 2 is 1.79 bits per heavy atom. The highest BCUT2D eigenvalue weighted by molar-refractivity contribution is 5.53. The molecule has 1 heterocycles. The SMILES string of the molecule is Fc1ccc(-c2noc(CN(CC3CCCCC3)C3CC3)n2)cc1. The van der Waals surface area contributed by atoms with Gasteiger partial charge in [-0.15, -0.1) is 0 Å². The second kappa shape index (κ2) is 7.01. The van der Waals surface area contributed by atoms with Gasteiger partial charge in [-0.3, -0.25) is 4.90 Å². The van der Waals surface area contributed by atoms with Gasteiger partial charge in [-0.1, -0.05) is 24.4 Å². The minimum absolute atomic E-state index is 0.255. The number of aromatic nitrogens is 2. The van der Waals surface area contributed by atoms with Gasteiger partial charge in [0, 0.05) is 18.2 Å². The first kappa shape index (κ1) is 15.8. The van der Waals surface area contributed by atoms with E-state index < -0.39 is 0 Å². The molecule has 5 heteroatoms. The van der Waals surface area contributed by atoms with Crippen molar-refractivity contribution < 1.29 is 8.91 Å². The second-order valence-electron chi connectivity index (χ2n) is 7.18. The molecule has 4 rings (SSSR count). The van der Waals surface area contributed by atoms with Crippen molar-refractivity contribution in [3.63, 3.8) is 0 Å². The summed E-state index contributed by atoms with van der Waals surface area (Å²) >= 11 is 0. The smallest absolute Gasteiger partial charge is 0.241 e. The van der Waals surface area contributed by atoms with Crippen LogP contribution in [0.3, 0.4) is 0 Å². The van der Waals surface area contributed by atoms with Crippen molar-refractivity contribution in [1.29, 1.82) is 0 Å². The van der Waals surface area contributed by atoms with E-state index in [-0.39, 0.29) is 5.82 Å². The minimum Gasteiger partial charge on any atom is -0.338 e. The van der Waals surface area contributed by atoms with Crippen LogP contribution in [-0.2, 0) is 6.54 Å². The predicted molar refractivity (Wildman–Crippen MR) is 89.7 cm³/mol. The van der Waals surface area contributed by atoms with Crippen molar-refractivity contribution in [2.75, 3.05) is 6.54 Å². The lowest BCUT2D eigenvalue weighted by molar-refractivity contribution is 0.166. The van der Waals surface area contributed by atoms with Crippen molar-refractivity contribution in [2.24, 2.45) is 5.92 Å². The number of halogens is 1. The summed E-state index contributed by atoms with van der Waals surface area (Å²) in [6.07, 6.45) is 9.42. The normalized spacial score (nSPS) is 19.1. The molecular formula is C19H24FN3O. The van der Waals surface area contributed by atoms with Gasteiger partial charge < -0.3 is 4.52 Å². The molecule has 2 aromatic rings. The molecule has 128 valence electrons. The van der Waals surface area contributed by atoms with Crippen LogP contribution in [0, 0.1) is 11.7 Å². The monoisotopic (exact) mass is 329 g/mol. The summed E-state index contributed by atoms with van der Waals surface area (Å²) in [5, 5.41) is 4.06. The molecule has 0 unspecified atom stereocenters. The van der Waals surface area contributed by atoms with Gasteiger partial charge >= 0.3 is 0 Å². The molecule has 0 saturated heterocycles. The molecule has 4 nitrogen and oxygen atoms in total. The van der Waals surface area contributed by atoms with Crippen LogP contribution in [0.1, 0.15) is 50.8 Å². The molecule has 0 aliphatic heterocycles. The van der Waals surface area contributed by atoms with E-state index in [1.54, 1.807) is 12.1 Å². The molecule has 2 aliphatic carbocycles. The van der Waals surface area contributed by atoms with E-state index in [1.807, 2.05) is 0 Å². The van der Waals surface area contributed by atoms with Crippen LogP contribution in [0.2, 0.25) is 0 Å². The van der Waals surface area contributed by atoms with E-state index in [2.05, 4.69) is 15.0 Å². The van der Waals surface area contributed by atoms with Crippen molar-refractivity contribution in [3.8, 4) is 11.4 Å². The Kier molecular flexibility index (Phi) is 4.60. The van der Waals surface area contributed by atoms with Crippen molar-refractivity contribution in [3.05, 3.63) is 36.0 Å². The van der Waals surface area contributed by atoms with Gasteiger partial charge in [0.15, 0.2) is 0 Å². The summed E-state index contributed by atoms with van der Waals surface area (Å²) in [7, 11) is 0. The first-order chi connectivity index (χ1) is 11.8. The fraction of sp³-hybridized carbons (Fsp3) is 0.579. The molecule has 24 heavy (non-hydrogen) atoms. The van der Waals surface area contributed by atoms with E-state index in [9.17, 15) is 4.39 Å². The van der Waals surface area contributed by atoms with Crippen LogP contribution in [0.5, 0.6) is 0 Å². The van der Waals surface area contributed by atoms with Gasteiger partial charge in [0.2, 0.25) is 11.7 Å². The zero-order valence-corrected chi connectivity index (χ0v) is 14.0. The van der Waals surface area contributed by atoms with Gasteiger partial charge in [-0.05, 0) is 55.9 Å². The fourth-order valence-corrected chi connectivity index (χ4v) is 3.69. The quantitative estimate of drug-likeness (QED) is 0.787. The average molecular weight is 329 g/mol. The Morgan fingerprint density at radius 3 is 2.50 bits per heavy atom. The van der Waals surface area contributed by atoms with Gasteiger partial charge in [0.05, 0.1) is 6.54 Å². The maximum absolute atomic E-state index is 13.0. The van der Waals surface area contributed by atoms with Crippen molar-refractivity contribution in [2.45, 2.75) is 57.5 Å². The van der Waals surface area contributed by atoms with Gasteiger partial charge in [-0.25, -0.2) is 4.39 Å². The number of rotatable bonds is 6. The van der Waals surface area contributed by atoms with Gasteiger partial charge in [0.1, 0.15) is 5.82 Å². The lowest BCUT2D eigenvalue weighted by atomic mass is 9.89. The van der Waals surface area contributed by atoms with E-state index in [0.717, 1.165) is 24.6 Å². The third-order valence-electron chi connectivity index (χ3n) is 5.19. The molecule has 2 aliphatic rings. The number of benzene rings is 1. The third-order valence-corrected chi connectivity index (χ3v) is 5.19. The molecule has 1 aromatic heterocycles. The minimum atomic E-state index is -0.255. The fourth-order valence-electron chi connectivity index (χ4n) is 3.69. The van der Waals surface area contributed by atoms with Gasteiger partial charge in [-0.2, -0.15) is 4.98 Å². The van der Waals surface area contributed by atoms with E-state index >= 15 is 0 Å². The summed E-state index contributed by atoms with van der Waals surface area (Å²) in [6.45, 7) is 1.88. The van der Waals surface area contributed by atoms with Gasteiger partial charge in [0.25, 0.3) is 0 Å². The predicted octanol–water partition coefficient (Wildman–Crippen LogP) is 4.42.